The average molecular weight is 291 g/mol. The van der Waals surface area contributed by atoms with Crippen LogP contribution in [0.15, 0.2) is 35.2 Å². The summed E-state index contributed by atoms with van der Waals surface area (Å²) in [5.74, 6) is 1.40. The summed E-state index contributed by atoms with van der Waals surface area (Å²) in [7, 11) is -3.35. The molecule has 106 valence electrons. The molecule has 0 unspecified atom stereocenters. The summed E-state index contributed by atoms with van der Waals surface area (Å²) in [4.78, 5) is 0.339. The maximum atomic E-state index is 12.4. The van der Waals surface area contributed by atoms with Gasteiger partial charge in [0.15, 0.2) is 9.84 Å². The molecular formula is C14H17N3O2S. The van der Waals surface area contributed by atoms with Gasteiger partial charge in [0.05, 0.1) is 4.90 Å². The van der Waals surface area contributed by atoms with Crippen LogP contribution in [0.4, 0.5) is 0 Å². The zero-order chi connectivity index (χ0) is 14.0. The maximum Gasteiger partial charge on any atom is 0.185 e. The predicted molar refractivity (Wildman–Crippen MR) is 74.9 cm³/mol. The van der Waals surface area contributed by atoms with Crippen LogP contribution >= 0.6 is 0 Å². The molecule has 20 heavy (non-hydrogen) atoms. The topological polar surface area (TPSA) is 64.8 Å². The molecule has 0 radical (unpaired) electrons. The summed E-state index contributed by atoms with van der Waals surface area (Å²) >= 11 is 0. The van der Waals surface area contributed by atoms with Crippen LogP contribution in [0, 0.1) is 0 Å². The highest BCUT2D eigenvalue weighted by Crippen LogP contribution is 2.19. The fraction of sp³-hybridized carbons (Fsp3) is 0.429. The lowest BCUT2D eigenvalue weighted by atomic mass is 10.2. The standard InChI is InChI=1S/C14H17N3O2S/c18-20(19,12-7-3-1-4-8-12)11-14-16-15-13-9-5-2-6-10-17(13)14/h1,3-4,7-8H,2,5-6,9-11H2. The molecule has 1 aliphatic heterocycles. The number of sulfone groups is 1. The Morgan fingerprint density at radius 1 is 1.05 bits per heavy atom. The van der Waals surface area contributed by atoms with Crippen molar-refractivity contribution in [3.63, 3.8) is 0 Å². The van der Waals surface area contributed by atoms with Crippen molar-refractivity contribution in [2.24, 2.45) is 0 Å². The Morgan fingerprint density at radius 3 is 2.65 bits per heavy atom. The molecule has 0 aliphatic carbocycles. The van der Waals surface area contributed by atoms with Crippen molar-refractivity contribution in [1.82, 2.24) is 14.8 Å². The molecule has 0 spiro atoms. The van der Waals surface area contributed by atoms with Crippen molar-refractivity contribution in [3.05, 3.63) is 42.0 Å². The van der Waals surface area contributed by atoms with Crippen molar-refractivity contribution in [2.45, 2.75) is 42.9 Å². The lowest BCUT2D eigenvalue weighted by Crippen LogP contribution is -2.12. The minimum Gasteiger partial charge on any atom is -0.314 e. The highest BCUT2D eigenvalue weighted by atomic mass is 32.2. The van der Waals surface area contributed by atoms with Gasteiger partial charge in [-0.05, 0) is 25.0 Å². The van der Waals surface area contributed by atoms with Gasteiger partial charge in [-0.2, -0.15) is 0 Å². The molecule has 1 aromatic heterocycles. The second-order valence-corrected chi connectivity index (χ2v) is 7.06. The van der Waals surface area contributed by atoms with Gasteiger partial charge in [0, 0.05) is 13.0 Å². The van der Waals surface area contributed by atoms with Gasteiger partial charge in [-0.1, -0.05) is 24.6 Å². The van der Waals surface area contributed by atoms with E-state index in [1.807, 2.05) is 10.6 Å². The zero-order valence-corrected chi connectivity index (χ0v) is 12.0. The van der Waals surface area contributed by atoms with Crippen LogP contribution in [0.25, 0.3) is 0 Å². The summed E-state index contributed by atoms with van der Waals surface area (Å²) in [5.41, 5.74) is 0. The number of aryl methyl sites for hydroxylation is 1. The minimum atomic E-state index is -3.35. The predicted octanol–water partition coefficient (Wildman–Crippen LogP) is 1.98. The van der Waals surface area contributed by atoms with E-state index in [1.165, 1.54) is 0 Å². The fourth-order valence-electron chi connectivity index (χ4n) is 2.53. The summed E-state index contributed by atoms with van der Waals surface area (Å²) in [6, 6.07) is 8.51. The monoisotopic (exact) mass is 291 g/mol. The Kier molecular flexibility index (Phi) is 3.56. The van der Waals surface area contributed by atoms with Crippen molar-refractivity contribution in [1.29, 1.82) is 0 Å². The number of nitrogens with zero attached hydrogens (tertiary/aromatic N) is 3. The zero-order valence-electron chi connectivity index (χ0n) is 11.2. The van der Waals surface area contributed by atoms with Gasteiger partial charge in [0.25, 0.3) is 0 Å². The molecule has 0 N–H and O–H groups in total. The molecule has 2 aromatic rings. The Labute approximate surface area is 118 Å². The summed E-state index contributed by atoms with van der Waals surface area (Å²) in [5, 5.41) is 8.23. The largest absolute Gasteiger partial charge is 0.314 e. The normalized spacial score (nSPS) is 15.6. The number of rotatable bonds is 3. The summed E-state index contributed by atoms with van der Waals surface area (Å²) < 4.78 is 26.8. The number of aromatic nitrogens is 3. The van der Waals surface area contributed by atoms with E-state index in [-0.39, 0.29) is 5.75 Å². The molecule has 0 fully saturated rings. The molecule has 0 saturated carbocycles. The molecule has 0 atom stereocenters. The van der Waals surface area contributed by atoms with Crippen LogP contribution in [0.5, 0.6) is 0 Å². The van der Waals surface area contributed by atoms with Crippen LogP contribution in [-0.2, 0) is 28.6 Å². The van der Waals surface area contributed by atoms with Crippen LogP contribution in [0.1, 0.15) is 30.9 Å². The Bertz CT molecular complexity index is 692. The molecule has 1 aromatic carbocycles. The highest BCUT2D eigenvalue weighted by Gasteiger charge is 2.21. The average Bonchev–Trinajstić information content (AvgIpc) is 2.68. The van der Waals surface area contributed by atoms with E-state index in [4.69, 9.17) is 0 Å². The van der Waals surface area contributed by atoms with E-state index in [2.05, 4.69) is 10.2 Å². The SMILES string of the molecule is O=S(=O)(Cc1nnc2n1CCCCC2)c1ccccc1. The summed E-state index contributed by atoms with van der Waals surface area (Å²) in [6.45, 7) is 0.821. The third-order valence-corrected chi connectivity index (χ3v) is 5.24. The number of fused-ring (bicyclic) bond motifs is 1. The van der Waals surface area contributed by atoms with Crippen LogP contribution in [0.3, 0.4) is 0 Å². The smallest absolute Gasteiger partial charge is 0.185 e. The molecular weight excluding hydrogens is 274 g/mol. The van der Waals surface area contributed by atoms with Crippen molar-refractivity contribution in [2.75, 3.05) is 0 Å². The molecule has 0 amide bonds. The third-order valence-electron chi connectivity index (χ3n) is 3.61. The number of hydrogen-bond donors (Lipinski definition) is 0. The maximum absolute atomic E-state index is 12.4. The lowest BCUT2D eigenvalue weighted by Gasteiger charge is -2.07. The molecule has 0 bridgehead atoms. The van der Waals surface area contributed by atoms with Crippen molar-refractivity contribution in [3.8, 4) is 0 Å². The van der Waals surface area contributed by atoms with Crippen molar-refractivity contribution < 1.29 is 8.42 Å². The second-order valence-electron chi connectivity index (χ2n) is 5.07. The Hall–Kier alpha value is -1.69. The van der Waals surface area contributed by atoms with Gasteiger partial charge < -0.3 is 4.57 Å². The molecule has 1 aliphatic rings. The van der Waals surface area contributed by atoms with Gasteiger partial charge in [-0.15, -0.1) is 10.2 Å². The van der Waals surface area contributed by atoms with E-state index in [0.717, 1.165) is 38.1 Å². The van der Waals surface area contributed by atoms with Crippen LogP contribution < -0.4 is 0 Å². The van der Waals surface area contributed by atoms with Gasteiger partial charge in [0.1, 0.15) is 17.4 Å². The third kappa shape index (κ3) is 2.60. The van der Waals surface area contributed by atoms with Crippen LogP contribution in [0.2, 0.25) is 0 Å². The van der Waals surface area contributed by atoms with Gasteiger partial charge in [0.2, 0.25) is 0 Å². The first-order valence-corrected chi connectivity index (χ1v) is 8.51. The van der Waals surface area contributed by atoms with Gasteiger partial charge in [-0.25, -0.2) is 8.42 Å². The van der Waals surface area contributed by atoms with Crippen molar-refractivity contribution >= 4 is 9.84 Å². The Morgan fingerprint density at radius 2 is 1.85 bits per heavy atom. The molecule has 2 heterocycles. The summed E-state index contributed by atoms with van der Waals surface area (Å²) in [6.07, 6.45) is 4.21. The highest BCUT2D eigenvalue weighted by molar-refractivity contribution is 7.90. The lowest BCUT2D eigenvalue weighted by molar-refractivity contribution is 0.584. The minimum absolute atomic E-state index is 0.0794. The quantitative estimate of drug-likeness (QED) is 0.867. The first-order chi connectivity index (χ1) is 9.67. The number of benzene rings is 1. The molecule has 6 heteroatoms. The van der Waals surface area contributed by atoms with Gasteiger partial charge >= 0.3 is 0 Å². The van der Waals surface area contributed by atoms with Gasteiger partial charge in [-0.3, -0.25) is 0 Å². The van der Waals surface area contributed by atoms with E-state index >= 15 is 0 Å². The molecule has 5 nitrogen and oxygen atoms in total. The van der Waals surface area contributed by atoms with E-state index < -0.39 is 9.84 Å². The molecule has 0 saturated heterocycles. The number of hydrogen-bond acceptors (Lipinski definition) is 4. The first-order valence-electron chi connectivity index (χ1n) is 6.85. The second kappa shape index (κ2) is 5.36. The van der Waals surface area contributed by atoms with Crippen LogP contribution in [-0.4, -0.2) is 23.2 Å². The fourth-order valence-corrected chi connectivity index (χ4v) is 3.83. The first kappa shape index (κ1) is 13.3. The van der Waals surface area contributed by atoms with E-state index in [9.17, 15) is 8.42 Å². The Balaban J connectivity index is 1.90. The van der Waals surface area contributed by atoms with E-state index in [0.29, 0.717) is 10.7 Å². The molecule has 3 rings (SSSR count). The van der Waals surface area contributed by atoms with E-state index in [1.54, 1.807) is 24.3 Å².